The number of carbonyl (C=O) groups excluding carboxylic acids is 1. The summed E-state index contributed by atoms with van der Waals surface area (Å²) in [5.74, 6) is 0.106. The van der Waals surface area contributed by atoms with Crippen LogP contribution in [0.15, 0.2) is 0 Å². The molecule has 15 heavy (non-hydrogen) atoms. The molecule has 0 bridgehead atoms. The molecule has 3 N–H and O–H groups in total. The van der Waals surface area contributed by atoms with E-state index in [0.717, 1.165) is 19.3 Å². The van der Waals surface area contributed by atoms with Crippen molar-refractivity contribution in [2.45, 2.75) is 45.6 Å². The molecule has 0 aliphatic rings. The third-order valence-electron chi connectivity index (χ3n) is 2.27. The fraction of sp³-hybridized carbons (Fsp3) is 0.909. The van der Waals surface area contributed by atoms with Gasteiger partial charge in [-0.25, -0.2) is 0 Å². The Morgan fingerprint density at radius 1 is 1.47 bits per heavy atom. The van der Waals surface area contributed by atoms with Crippen molar-refractivity contribution >= 4 is 5.91 Å². The summed E-state index contributed by atoms with van der Waals surface area (Å²) in [6, 6.07) is 0.231. The zero-order valence-corrected chi connectivity index (χ0v) is 9.92. The smallest absolute Gasteiger partial charge is 0.220 e. The maximum absolute atomic E-state index is 11.4. The molecule has 1 unspecified atom stereocenters. The van der Waals surface area contributed by atoms with Crippen molar-refractivity contribution in [1.29, 1.82) is 0 Å². The van der Waals surface area contributed by atoms with Crippen LogP contribution in [0, 0.1) is 0 Å². The molecule has 0 aromatic carbocycles. The van der Waals surface area contributed by atoms with Gasteiger partial charge in [0, 0.05) is 25.7 Å². The molecule has 0 aromatic heterocycles. The van der Waals surface area contributed by atoms with E-state index >= 15 is 0 Å². The zero-order chi connectivity index (χ0) is 11.5. The number of ether oxygens (including phenoxy) is 1. The molecular formula is C11H24N2O2. The van der Waals surface area contributed by atoms with Crippen LogP contribution in [-0.4, -0.2) is 31.7 Å². The van der Waals surface area contributed by atoms with Gasteiger partial charge in [-0.15, -0.1) is 0 Å². The maximum atomic E-state index is 11.4. The summed E-state index contributed by atoms with van der Waals surface area (Å²) in [4.78, 5) is 11.4. The highest BCUT2D eigenvalue weighted by atomic mass is 16.5. The van der Waals surface area contributed by atoms with Crippen molar-refractivity contribution in [3.8, 4) is 0 Å². The Bertz CT molecular complexity index is 163. The van der Waals surface area contributed by atoms with E-state index < -0.39 is 0 Å². The second-order valence-corrected chi connectivity index (χ2v) is 3.55. The SMILES string of the molecule is CCOCCCC(=O)NC(CC)CCN. The van der Waals surface area contributed by atoms with E-state index in [9.17, 15) is 4.79 Å². The summed E-state index contributed by atoms with van der Waals surface area (Å²) in [6.07, 6.45) is 3.13. The van der Waals surface area contributed by atoms with Crippen LogP contribution in [0.4, 0.5) is 0 Å². The first-order chi connectivity index (χ1) is 7.24. The van der Waals surface area contributed by atoms with Crippen molar-refractivity contribution in [3.63, 3.8) is 0 Å². The van der Waals surface area contributed by atoms with Gasteiger partial charge in [-0.1, -0.05) is 6.92 Å². The molecule has 0 saturated heterocycles. The van der Waals surface area contributed by atoms with Gasteiger partial charge in [-0.05, 0) is 32.7 Å². The first kappa shape index (κ1) is 14.4. The average Bonchev–Trinajstić information content (AvgIpc) is 2.24. The Morgan fingerprint density at radius 2 is 2.20 bits per heavy atom. The lowest BCUT2D eigenvalue weighted by atomic mass is 10.1. The lowest BCUT2D eigenvalue weighted by molar-refractivity contribution is -0.122. The molecule has 90 valence electrons. The summed E-state index contributed by atoms with van der Waals surface area (Å²) < 4.78 is 5.16. The third kappa shape index (κ3) is 8.39. The van der Waals surface area contributed by atoms with Crippen molar-refractivity contribution in [3.05, 3.63) is 0 Å². The minimum absolute atomic E-state index is 0.106. The van der Waals surface area contributed by atoms with E-state index in [-0.39, 0.29) is 11.9 Å². The van der Waals surface area contributed by atoms with Crippen molar-refractivity contribution < 1.29 is 9.53 Å². The Balaban J connectivity index is 3.52. The Hall–Kier alpha value is -0.610. The molecule has 0 aliphatic heterocycles. The fourth-order valence-electron chi connectivity index (χ4n) is 1.36. The van der Waals surface area contributed by atoms with E-state index in [1.165, 1.54) is 0 Å². The normalized spacial score (nSPS) is 12.5. The van der Waals surface area contributed by atoms with Gasteiger partial charge in [0.05, 0.1) is 0 Å². The molecule has 0 fully saturated rings. The number of nitrogens with one attached hydrogen (secondary N) is 1. The molecule has 0 heterocycles. The van der Waals surface area contributed by atoms with Gasteiger partial charge in [0.1, 0.15) is 0 Å². The number of amides is 1. The quantitative estimate of drug-likeness (QED) is 0.566. The number of nitrogens with two attached hydrogens (primary N) is 1. The molecule has 0 radical (unpaired) electrons. The monoisotopic (exact) mass is 216 g/mol. The van der Waals surface area contributed by atoms with Crippen LogP contribution in [0.1, 0.15) is 39.5 Å². The predicted octanol–water partition coefficient (Wildman–Crippen LogP) is 1.05. The molecule has 0 spiro atoms. The van der Waals surface area contributed by atoms with Crippen LogP contribution in [-0.2, 0) is 9.53 Å². The van der Waals surface area contributed by atoms with Gasteiger partial charge in [-0.2, -0.15) is 0 Å². The predicted molar refractivity (Wildman–Crippen MR) is 61.6 cm³/mol. The first-order valence-electron chi connectivity index (χ1n) is 5.81. The second kappa shape index (κ2) is 9.93. The van der Waals surface area contributed by atoms with E-state index in [4.69, 9.17) is 10.5 Å². The maximum Gasteiger partial charge on any atom is 0.220 e. The topological polar surface area (TPSA) is 64.3 Å². The Kier molecular flexibility index (Phi) is 9.52. The van der Waals surface area contributed by atoms with Gasteiger partial charge in [0.25, 0.3) is 0 Å². The number of rotatable bonds is 9. The summed E-state index contributed by atoms with van der Waals surface area (Å²) in [6.45, 7) is 6.01. The molecule has 1 atom stereocenters. The first-order valence-corrected chi connectivity index (χ1v) is 5.81. The highest BCUT2D eigenvalue weighted by Crippen LogP contribution is 1.98. The van der Waals surface area contributed by atoms with Crippen LogP contribution in [0.2, 0.25) is 0 Å². The van der Waals surface area contributed by atoms with Crippen LogP contribution in [0.3, 0.4) is 0 Å². The standard InChI is InChI=1S/C11H24N2O2/c1-3-10(7-8-12)13-11(14)6-5-9-15-4-2/h10H,3-9,12H2,1-2H3,(H,13,14). The van der Waals surface area contributed by atoms with Crippen LogP contribution >= 0.6 is 0 Å². The molecule has 4 nitrogen and oxygen atoms in total. The minimum Gasteiger partial charge on any atom is -0.382 e. The number of carbonyl (C=O) groups is 1. The largest absolute Gasteiger partial charge is 0.382 e. The molecule has 4 heteroatoms. The van der Waals surface area contributed by atoms with E-state index in [2.05, 4.69) is 12.2 Å². The molecule has 0 saturated carbocycles. The van der Waals surface area contributed by atoms with Crippen molar-refractivity contribution in [1.82, 2.24) is 5.32 Å². The van der Waals surface area contributed by atoms with Gasteiger partial charge >= 0.3 is 0 Å². The lowest BCUT2D eigenvalue weighted by Crippen LogP contribution is -2.35. The highest BCUT2D eigenvalue weighted by Gasteiger charge is 2.08. The van der Waals surface area contributed by atoms with Crippen molar-refractivity contribution in [2.24, 2.45) is 5.73 Å². The minimum atomic E-state index is 0.106. The number of hydrogen-bond acceptors (Lipinski definition) is 3. The summed E-state index contributed by atoms with van der Waals surface area (Å²) >= 11 is 0. The molecule has 0 aliphatic carbocycles. The Labute approximate surface area is 92.6 Å². The van der Waals surface area contributed by atoms with Crippen LogP contribution in [0.25, 0.3) is 0 Å². The molecule has 0 rings (SSSR count). The molecule has 1 amide bonds. The van der Waals surface area contributed by atoms with Crippen LogP contribution in [0.5, 0.6) is 0 Å². The highest BCUT2D eigenvalue weighted by molar-refractivity contribution is 5.76. The molecular weight excluding hydrogens is 192 g/mol. The Morgan fingerprint density at radius 3 is 2.73 bits per heavy atom. The lowest BCUT2D eigenvalue weighted by Gasteiger charge is -2.15. The van der Waals surface area contributed by atoms with Gasteiger partial charge in [0.15, 0.2) is 0 Å². The zero-order valence-electron chi connectivity index (χ0n) is 9.92. The third-order valence-corrected chi connectivity index (χ3v) is 2.27. The van der Waals surface area contributed by atoms with E-state index in [0.29, 0.717) is 26.2 Å². The summed E-state index contributed by atoms with van der Waals surface area (Å²) in [7, 11) is 0. The van der Waals surface area contributed by atoms with Crippen LogP contribution < -0.4 is 11.1 Å². The summed E-state index contributed by atoms with van der Waals surface area (Å²) in [5.41, 5.74) is 5.45. The molecule has 0 aromatic rings. The van der Waals surface area contributed by atoms with Gasteiger partial charge < -0.3 is 15.8 Å². The number of hydrogen-bond donors (Lipinski definition) is 2. The van der Waals surface area contributed by atoms with Gasteiger partial charge in [-0.3, -0.25) is 4.79 Å². The average molecular weight is 216 g/mol. The van der Waals surface area contributed by atoms with Crippen molar-refractivity contribution in [2.75, 3.05) is 19.8 Å². The summed E-state index contributed by atoms with van der Waals surface area (Å²) in [5, 5.41) is 2.97. The van der Waals surface area contributed by atoms with E-state index in [1.807, 2.05) is 6.92 Å². The second-order valence-electron chi connectivity index (χ2n) is 3.55. The van der Waals surface area contributed by atoms with Gasteiger partial charge in [0.2, 0.25) is 5.91 Å². The fourth-order valence-corrected chi connectivity index (χ4v) is 1.36. The van der Waals surface area contributed by atoms with E-state index in [1.54, 1.807) is 0 Å².